The first-order valence-corrected chi connectivity index (χ1v) is 6.04. The van der Waals surface area contributed by atoms with Crippen molar-refractivity contribution in [2.75, 3.05) is 6.61 Å². The molecule has 3 N–H and O–H groups in total. The third-order valence-corrected chi connectivity index (χ3v) is 3.51. The number of hydrogen-bond donors (Lipinski definition) is 3. The molecule has 0 amide bonds. The molecule has 1 heterocycles. The minimum atomic E-state index is -0.934. The summed E-state index contributed by atoms with van der Waals surface area (Å²) in [5, 5.41) is 31.2. The van der Waals surface area contributed by atoms with Gasteiger partial charge >= 0.3 is 0 Å². The lowest BCUT2D eigenvalue weighted by Crippen LogP contribution is -2.19. The fraction of sp³-hybridized carbons (Fsp3) is 0.333. The van der Waals surface area contributed by atoms with Crippen molar-refractivity contribution in [1.29, 1.82) is 0 Å². The second kappa shape index (κ2) is 4.93. The van der Waals surface area contributed by atoms with Gasteiger partial charge in [0.15, 0.2) is 0 Å². The Labute approximate surface area is 97.6 Å². The van der Waals surface area contributed by atoms with Crippen molar-refractivity contribution in [3.05, 3.63) is 35.2 Å². The second-order valence-corrected chi connectivity index (χ2v) is 4.69. The molecule has 86 valence electrons. The number of benzene rings is 1. The average molecular weight is 238 g/mol. The molecular formula is C12H14O3S. The molecule has 3 nitrogen and oxygen atoms in total. The summed E-state index contributed by atoms with van der Waals surface area (Å²) in [5.74, 6) is 0. The Morgan fingerprint density at radius 1 is 1.19 bits per heavy atom. The molecule has 2 unspecified atom stereocenters. The summed E-state index contributed by atoms with van der Waals surface area (Å²) in [6.07, 6.45) is -1.67. The fourth-order valence-electron chi connectivity index (χ4n) is 1.68. The molecule has 0 spiro atoms. The molecule has 2 rings (SSSR count). The number of aliphatic hydroxyl groups excluding tert-OH is 3. The van der Waals surface area contributed by atoms with Gasteiger partial charge < -0.3 is 15.3 Å². The molecule has 2 atom stereocenters. The zero-order valence-electron chi connectivity index (χ0n) is 8.71. The molecule has 0 aliphatic carbocycles. The van der Waals surface area contributed by atoms with Gasteiger partial charge in [-0.2, -0.15) is 0 Å². The highest BCUT2D eigenvalue weighted by atomic mass is 32.1. The average Bonchev–Trinajstić information content (AvgIpc) is 2.75. The third kappa shape index (κ3) is 2.25. The van der Waals surface area contributed by atoms with E-state index in [4.69, 9.17) is 5.11 Å². The Kier molecular flexibility index (Phi) is 3.56. The van der Waals surface area contributed by atoms with E-state index >= 15 is 0 Å². The quantitative estimate of drug-likeness (QED) is 0.759. The van der Waals surface area contributed by atoms with Crippen LogP contribution in [0.1, 0.15) is 18.1 Å². The first-order valence-electron chi connectivity index (χ1n) is 5.16. The highest BCUT2D eigenvalue weighted by Crippen LogP contribution is 2.26. The van der Waals surface area contributed by atoms with Crippen molar-refractivity contribution in [3.63, 3.8) is 0 Å². The van der Waals surface area contributed by atoms with Crippen LogP contribution in [-0.4, -0.2) is 28.0 Å². The van der Waals surface area contributed by atoms with E-state index in [9.17, 15) is 10.2 Å². The Hall–Kier alpha value is -0.940. The molecule has 0 aliphatic heterocycles. The SMILES string of the molecule is OCCC(O)C(O)c1ccc2sccc2c1. The van der Waals surface area contributed by atoms with E-state index in [1.165, 1.54) is 0 Å². The lowest BCUT2D eigenvalue weighted by molar-refractivity contribution is 0.00429. The Morgan fingerprint density at radius 2 is 2.00 bits per heavy atom. The van der Waals surface area contributed by atoms with Crippen LogP contribution in [0.5, 0.6) is 0 Å². The summed E-state index contributed by atoms with van der Waals surface area (Å²) < 4.78 is 1.16. The molecule has 1 aromatic heterocycles. The zero-order chi connectivity index (χ0) is 11.5. The van der Waals surface area contributed by atoms with Gasteiger partial charge in [0.25, 0.3) is 0 Å². The molecule has 0 saturated heterocycles. The van der Waals surface area contributed by atoms with Crippen molar-refractivity contribution in [1.82, 2.24) is 0 Å². The monoisotopic (exact) mass is 238 g/mol. The Morgan fingerprint density at radius 3 is 2.75 bits per heavy atom. The van der Waals surface area contributed by atoms with Crippen molar-refractivity contribution in [2.45, 2.75) is 18.6 Å². The van der Waals surface area contributed by atoms with Gasteiger partial charge in [-0.15, -0.1) is 11.3 Å². The van der Waals surface area contributed by atoms with Crippen LogP contribution in [0.25, 0.3) is 10.1 Å². The van der Waals surface area contributed by atoms with Crippen LogP contribution in [0.15, 0.2) is 29.6 Å². The highest BCUT2D eigenvalue weighted by molar-refractivity contribution is 7.17. The highest BCUT2D eigenvalue weighted by Gasteiger charge is 2.17. The van der Waals surface area contributed by atoms with Gasteiger partial charge in [-0.05, 0) is 40.9 Å². The minimum absolute atomic E-state index is 0.126. The first kappa shape index (κ1) is 11.5. The molecule has 2 aromatic rings. The summed E-state index contributed by atoms with van der Waals surface area (Å²) in [6, 6.07) is 7.60. The van der Waals surface area contributed by atoms with E-state index in [-0.39, 0.29) is 13.0 Å². The van der Waals surface area contributed by atoms with Gasteiger partial charge in [-0.1, -0.05) is 6.07 Å². The van der Waals surface area contributed by atoms with Gasteiger partial charge in [-0.25, -0.2) is 0 Å². The fourth-order valence-corrected chi connectivity index (χ4v) is 2.45. The maximum atomic E-state index is 9.86. The van der Waals surface area contributed by atoms with E-state index in [1.54, 1.807) is 11.3 Å². The zero-order valence-corrected chi connectivity index (χ0v) is 9.52. The van der Waals surface area contributed by atoms with Gasteiger partial charge in [-0.3, -0.25) is 0 Å². The summed E-state index contributed by atoms with van der Waals surface area (Å²) in [7, 11) is 0. The topological polar surface area (TPSA) is 60.7 Å². The van der Waals surface area contributed by atoms with E-state index in [0.29, 0.717) is 5.56 Å². The molecule has 0 aliphatic rings. The maximum absolute atomic E-state index is 9.86. The van der Waals surface area contributed by atoms with Crippen LogP contribution in [0.2, 0.25) is 0 Å². The Bertz CT molecular complexity index is 466. The van der Waals surface area contributed by atoms with Crippen LogP contribution < -0.4 is 0 Å². The number of hydrogen-bond acceptors (Lipinski definition) is 4. The minimum Gasteiger partial charge on any atom is -0.396 e. The molecule has 4 heteroatoms. The molecule has 0 radical (unpaired) electrons. The summed E-state index contributed by atoms with van der Waals surface area (Å²) >= 11 is 1.64. The largest absolute Gasteiger partial charge is 0.396 e. The molecule has 0 bridgehead atoms. The number of rotatable bonds is 4. The van der Waals surface area contributed by atoms with Crippen LogP contribution in [0, 0.1) is 0 Å². The van der Waals surface area contributed by atoms with E-state index in [2.05, 4.69) is 0 Å². The third-order valence-electron chi connectivity index (χ3n) is 2.61. The molecular weight excluding hydrogens is 224 g/mol. The Balaban J connectivity index is 2.24. The van der Waals surface area contributed by atoms with Crippen molar-refractivity contribution in [2.24, 2.45) is 0 Å². The van der Waals surface area contributed by atoms with Gasteiger partial charge in [0.05, 0.1) is 6.10 Å². The lowest BCUT2D eigenvalue weighted by atomic mass is 10.0. The van der Waals surface area contributed by atoms with Crippen molar-refractivity contribution in [3.8, 4) is 0 Å². The van der Waals surface area contributed by atoms with E-state index in [1.807, 2.05) is 29.6 Å². The standard InChI is InChI=1S/C12H14O3S/c13-5-3-10(14)12(15)9-1-2-11-8(7-9)4-6-16-11/h1-2,4,6-7,10,12-15H,3,5H2. The van der Waals surface area contributed by atoms with Crippen LogP contribution >= 0.6 is 11.3 Å². The summed E-state index contributed by atoms with van der Waals surface area (Å²) in [5.41, 5.74) is 0.687. The van der Waals surface area contributed by atoms with Gasteiger partial charge in [0.2, 0.25) is 0 Å². The molecule has 0 saturated carbocycles. The van der Waals surface area contributed by atoms with Gasteiger partial charge in [0, 0.05) is 11.3 Å². The van der Waals surface area contributed by atoms with Crippen LogP contribution in [0.4, 0.5) is 0 Å². The maximum Gasteiger partial charge on any atom is 0.105 e. The first-order chi connectivity index (χ1) is 7.72. The molecule has 1 aromatic carbocycles. The number of aliphatic hydroxyl groups is 3. The summed E-state index contributed by atoms with van der Waals surface area (Å²) in [6.45, 7) is -0.126. The summed E-state index contributed by atoms with van der Waals surface area (Å²) in [4.78, 5) is 0. The number of fused-ring (bicyclic) bond motifs is 1. The van der Waals surface area contributed by atoms with E-state index in [0.717, 1.165) is 10.1 Å². The second-order valence-electron chi connectivity index (χ2n) is 3.74. The predicted octanol–water partition coefficient (Wildman–Crippen LogP) is 1.68. The van der Waals surface area contributed by atoms with E-state index < -0.39 is 12.2 Å². The van der Waals surface area contributed by atoms with Crippen molar-refractivity contribution < 1.29 is 15.3 Å². The van der Waals surface area contributed by atoms with Gasteiger partial charge in [0.1, 0.15) is 6.10 Å². The smallest absolute Gasteiger partial charge is 0.105 e. The normalized spacial score (nSPS) is 15.2. The molecule has 0 fully saturated rings. The lowest BCUT2D eigenvalue weighted by Gasteiger charge is -2.17. The number of thiophene rings is 1. The van der Waals surface area contributed by atoms with Crippen molar-refractivity contribution >= 4 is 21.4 Å². The predicted molar refractivity (Wildman–Crippen MR) is 64.5 cm³/mol. The van der Waals surface area contributed by atoms with Crippen LogP contribution in [-0.2, 0) is 0 Å². The molecule has 16 heavy (non-hydrogen) atoms. The van der Waals surface area contributed by atoms with Crippen LogP contribution in [0.3, 0.4) is 0 Å².